The number of hydrogen-bond donors (Lipinski definition) is 1. The van der Waals surface area contributed by atoms with Gasteiger partial charge in [-0.05, 0) is 76.9 Å². The van der Waals surface area contributed by atoms with Crippen molar-refractivity contribution in [1.82, 2.24) is 0 Å². The molecule has 0 aliphatic rings. The molecule has 0 saturated carbocycles. The number of para-hydroxylation sites is 2. The Balaban J connectivity index is 1.80. The number of sulfonamides is 1. The molecule has 0 aliphatic carbocycles. The summed E-state index contributed by atoms with van der Waals surface area (Å²) >= 11 is 9.46. The van der Waals surface area contributed by atoms with Crippen molar-refractivity contribution in [3.05, 3.63) is 123 Å². The van der Waals surface area contributed by atoms with Crippen molar-refractivity contribution >= 4 is 54.8 Å². The van der Waals surface area contributed by atoms with Gasteiger partial charge in [-0.1, -0.05) is 65.7 Å². The van der Waals surface area contributed by atoms with E-state index in [1.54, 1.807) is 84.9 Å². The number of aryl methyl sites for hydroxylation is 1. The largest absolute Gasteiger partial charge is 0.321 e. The van der Waals surface area contributed by atoms with Gasteiger partial charge in [0.25, 0.3) is 15.9 Å². The van der Waals surface area contributed by atoms with Crippen molar-refractivity contribution in [1.29, 1.82) is 0 Å². The molecule has 0 aliphatic heterocycles. The summed E-state index contributed by atoms with van der Waals surface area (Å²) in [6.07, 6.45) is 0. The third-order valence-electron chi connectivity index (χ3n) is 5.39. The zero-order chi connectivity index (χ0) is 25.0. The molecule has 0 saturated heterocycles. The molecule has 0 heterocycles. The van der Waals surface area contributed by atoms with Crippen molar-refractivity contribution in [3.8, 4) is 0 Å². The molecule has 178 valence electrons. The molecule has 0 bridgehead atoms. The fraction of sp³-hybridized carbons (Fsp3) is 0.0741. The maximum atomic E-state index is 13.9. The number of carbonyl (C=O) groups excluding carboxylic acids is 1. The maximum absolute atomic E-state index is 13.9. The van der Waals surface area contributed by atoms with Crippen LogP contribution < -0.4 is 9.62 Å². The third kappa shape index (κ3) is 5.75. The van der Waals surface area contributed by atoms with Gasteiger partial charge in [0.05, 0.1) is 28.4 Å². The second kappa shape index (κ2) is 10.6. The number of carbonyl (C=O) groups is 1. The van der Waals surface area contributed by atoms with Crippen LogP contribution in [-0.2, 0) is 16.6 Å². The van der Waals surface area contributed by atoms with E-state index in [0.717, 1.165) is 15.6 Å². The highest BCUT2D eigenvalue weighted by molar-refractivity contribution is 9.10. The van der Waals surface area contributed by atoms with E-state index < -0.39 is 15.9 Å². The van der Waals surface area contributed by atoms with Gasteiger partial charge in [-0.25, -0.2) is 8.42 Å². The van der Waals surface area contributed by atoms with Gasteiger partial charge in [-0.2, -0.15) is 0 Å². The summed E-state index contributed by atoms with van der Waals surface area (Å²) in [5.41, 5.74) is 2.76. The predicted octanol–water partition coefficient (Wildman–Crippen LogP) is 7.06. The molecule has 1 amide bonds. The molecule has 8 heteroatoms. The second-order valence-corrected chi connectivity index (χ2v) is 11.1. The Morgan fingerprint density at radius 3 is 2.20 bits per heavy atom. The molecule has 4 aromatic rings. The lowest BCUT2D eigenvalue weighted by Gasteiger charge is -2.27. The van der Waals surface area contributed by atoms with Crippen molar-refractivity contribution in [2.75, 3.05) is 9.62 Å². The monoisotopic (exact) mass is 568 g/mol. The molecular formula is C27H22BrClN2O3S. The van der Waals surface area contributed by atoms with Crippen molar-refractivity contribution < 1.29 is 13.2 Å². The molecule has 0 radical (unpaired) electrons. The summed E-state index contributed by atoms with van der Waals surface area (Å²) in [5, 5.41) is 3.42. The van der Waals surface area contributed by atoms with Crippen molar-refractivity contribution in [2.24, 2.45) is 0 Å². The normalized spacial score (nSPS) is 11.2. The Labute approximate surface area is 218 Å². The Morgan fingerprint density at radius 1 is 0.886 bits per heavy atom. The fourth-order valence-electron chi connectivity index (χ4n) is 3.53. The van der Waals surface area contributed by atoms with Gasteiger partial charge in [0.15, 0.2) is 0 Å². The van der Waals surface area contributed by atoms with Gasteiger partial charge >= 0.3 is 0 Å². The number of anilines is 2. The lowest BCUT2D eigenvalue weighted by atomic mass is 10.1. The lowest BCUT2D eigenvalue weighted by Crippen LogP contribution is -2.32. The molecule has 1 N–H and O–H groups in total. The summed E-state index contributed by atoms with van der Waals surface area (Å²) in [5.74, 6) is -0.423. The summed E-state index contributed by atoms with van der Waals surface area (Å²) in [6.45, 7) is 1.91. The van der Waals surface area contributed by atoms with Gasteiger partial charge < -0.3 is 5.32 Å². The van der Waals surface area contributed by atoms with E-state index in [1.165, 1.54) is 4.31 Å². The second-order valence-electron chi connectivity index (χ2n) is 7.90. The van der Waals surface area contributed by atoms with Crippen LogP contribution in [-0.4, -0.2) is 14.3 Å². The molecule has 0 unspecified atom stereocenters. The molecule has 4 rings (SSSR count). The minimum absolute atomic E-state index is 0.0205. The highest BCUT2D eigenvalue weighted by Crippen LogP contribution is 2.31. The van der Waals surface area contributed by atoms with Crippen LogP contribution in [0.2, 0.25) is 5.02 Å². The van der Waals surface area contributed by atoms with Crippen LogP contribution in [0.15, 0.2) is 106 Å². The van der Waals surface area contributed by atoms with Crippen molar-refractivity contribution in [3.63, 3.8) is 0 Å². The molecule has 35 heavy (non-hydrogen) atoms. The zero-order valence-electron chi connectivity index (χ0n) is 18.8. The van der Waals surface area contributed by atoms with E-state index in [-0.39, 0.29) is 22.7 Å². The molecular weight excluding hydrogens is 548 g/mol. The summed E-state index contributed by atoms with van der Waals surface area (Å²) in [7, 11) is -4.01. The average Bonchev–Trinajstić information content (AvgIpc) is 2.85. The number of hydrogen-bond acceptors (Lipinski definition) is 3. The van der Waals surface area contributed by atoms with E-state index in [9.17, 15) is 13.2 Å². The predicted molar refractivity (Wildman–Crippen MR) is 145 cm³/mol. The SMILES string of the molecule is Cc1ccc(S(=O)(=O)N(Cc2ccc(Cl)cc2)c2ccccc2C(=O)Nc2ccccc2Br)cc1. The third-order valence-corrected chi connectivity index (χ3v) is 8.11. The molecule has 4 aromatic carbocycles. The zero-order valence-corrected chi connectivity index (χ0v) is 21.9. The molecule has 0 atom stereocenters. The van der Waals surface area contributed by atoms with E-state index in [1.807, 2.05) is 19.1 Å². The van der Waals surface area contributed by atoms with Crippen LogP contribution in [0.3, 0.4) is 0 Å². The Hall–Kier alpha value is -3.13. The average molecular weight is 570 g/mol. The minimum Gasteiger partial charge on any atom is -0.321 e. The van der Waals surface area contributed by atoms with Crippen LogP contribution in [0.25, 0.3) is 0 Å². The molecule has 0 fully saturated rings. The number of nitrogens with zero attached hydrogens (tertiary/aromatic N) is 1. The summed E-state index contributed by atoms with van der Waals surface area (Å²) in [6, 6.07) is 27.5. The van der Waals surface area contributed by atoms with Gasteiger partial charge in [0.2, 0.25) is 0 Å². The fourth-order valence-corrected chi connectivity index (χ4v) is 5.51. The first-order valence-corrected chi connectivity index (χ1v) is 13.4. The number of amides is 1. The first-order chi connectivity index (χ1) is 16.8. The quantitative estimate of drug-likeness (QED) is 0.259. The molecule has 0 aromatic heterocycles. The number of halogens is 2. The first-order valence-electron chi connectivity index (χ1n) is 10.7. The maximum Gasteiger partial charge on any atom is 0.264 e. The minimum atomic E-state index is -4.01. The highest BCUT2D eigenvalue weighted by Gasteiger charge is 2.28. The molecule has 0 spiro atoms. The topological polar surface area (TPSA) is 66.5 Å². The Bertz CT molecular complexity index is 1460. The van der Waals surface area contributed by atoms with Gasteiger partial charge in [-0.3, -0.25) is 9.10 Å². The smallest absolute Gasteiger partial charge is 0.264 e. The number of benzene rings is 4. The van der Waals surface area contributed by atoms with E-state index in [4.69, 9.17) is 11.6 Å². The van der Waals surface area contributed by atoms with E-state index in [2.05, 4.69) is 21.2 Å². The van der Waals surface area contributed by atoms with Gasteiger partial charge in [0, 0.05) is 9.50 Å². The van der Waals surface area contributed by atoms with Crippen LogP contribution in [0.1, 0.15) is 21.5 Å². The van der Waals surface area contributed by atoms with Crippen LogP contribution in [0, 0.1) is 6.92 Å². The first kappa shape index (κ1) is 25.0. The van der Waals surface area contributed by atoms with Crippen LogP contribution >= 0.6 is 27.5 Å². The van der Waals surface area contributed by atoms with E-state index in [0.29, 0.717) is 10.7 Å². The van der Waals surface area contributed by atoms with E-state index >= 15 is 0 Å². The Kier molecular flexibility index (Phi) is 7.60. The van der Waals surface area contributed by atoms with Gasteiger partial charge in [-0.15, -0.1) is 0 Å². The highest BCUT2D eigenvalue weighted by atomic mass is 79.9. The Morgan fingerprint density at radius 2 is 1.51 bits per heavy atom. The van der Waals surface area contributed by atoms with Crippen LogP contribution in [0.4, 0.5) is 11.4 Å². The summed E-state index contributed by atoms with van der Waals surface area (Å²) in [4.78, 5) is 13.5. The van der Waals surface area contributed by atoms with Gasteiger partial charge in [0.1, 0.15) is 0 Å². The lowest BCUT2D eigenvalue weighted by molar-refractivity contribution is 0.102. The number of nitrogens with one attached hydrogen (secondary N) is 1. The standard InChI is InChI=1S/C27H22BrClN2O3S/c1-19-10-16-22(17-11-19)35(33,34)31(18-20-12-14-21(29)15-13-20)26-9-5-2-6-23(26)27(32)30-25-8-4-3-7-24(25)28/h2-17H,18H2,1H3,(H,30,32). The van der Waals surface area contributed by atoms with Crippen LogP contribution in [0.5, 0.6) is 0 Å². The summed E-state index contributed by atoms with van der Waals surface area (Å²) < 4.78 is 29.7. The number of rotatable bonds is 7. The molecule has 5 nitrogen and oxygen atoms in total. The van der Waals surface area contributed by atoms with Crippen molar-refractivity contribution in [2.45, 2.75) is 18.4 Å².